The minimum atomic E-state index is -3.81. The van der Waals surface area contributed by atoms with Crippen molar-refractivity contribution in [2.45, 2.75) is 24.3 Å². The van der Waals surface area contributed by atoms with Crippen molar-refractivity contribution in [3.8, 4) is 0 Å². The molecule has 0 aromatic carbocycles. The number of hydrogen-bond acceptors (Lipinski definition) is 5. The Morgan fingerprint density at radius 1 is 1.56 bits per heavy atom. The molecule has 0 bridgehead atoms. The predicted molar refractivity (Wildman–Crippen MR) is 67.4 cm³/mol. The summed E-state index contributed by atoms with van der Waals surface area (Å²) in [4.78, 5) is 15.8. The van der Waals surface area contributed by atoms with Gasteiger partial charge in [0.25, 0.3) is 0 Å². The van der Waals surface area contributed by atoms with Crippen molar-refractivity contribution in [2.24, 2.45) is 0 Å². The Bertz CT molecular complexity index is 668. The van der Waals surface area contributed by atoms with Gasteiger partial charge in [-0.05, 0) is 13.8 Å². The van der Waals surface area contributed by atoms with E-state index in [-0.39, 0.29) is 5.75 Å². The second-order valence-electron chi connectivity index (χ2n) is 4.40. The molecular weight excluding hydrogens is 276 g/mol. The van der Waals surface area contributed by atoms with Gasteiger partial charge < -0.3 is 5.11 Å². The Balaban J connectivity index is 2.34. The Kier molecular flexibility index (Phi) is 2.94. The van der Waals surface area contributed by atoms with Gasteiger partial charge in [-0.15, -0.1) is 11.3 Å². The van der Waals surface area contributed by atoms with Gasteiger partial charge in [-0.25, -0.2) is 13.4 Å². The standard InChI is InChI=1S/C10H12N2O4S2/c1-10(2,8(13)14)18(15,16)6-7-5-12-3-4-17-9(12)11-7/h3-5H,6H2,1-2H3,(H,13,14). The second-order valence-corrected chi connectivity index (χ2v) is 7.81. The molecule has 2 aromatic rings. The zero-order valence-corrected chi connectivity index (χ0v) is 11.5. The van der Waals surface area contributed by atoms with Crippen LogP contribution in [0.4, 0.5) is 0 Å². The third-order valence-corrected chi connectivity index (χ3v) is 5.95. The number of thiazole rings is 1. The number of fused-ring (bicyclic) bond motifs is 1. The number of rotatable bonds is 4. The van der Waals surface area contributed by atoms with Crippen LogP contribution in [0, 0.1) is 0 Å². The molecule has 0 amide bonds. The van der Waals surface area contributed by atoms with Gasteiger partial charge in [0.15, 0.2) is 19.5 Å². The number of carbonyl (C=O) groups is 1. The zero-order valence-electron chi connectivity index (χ0n) is 9.82. The van der Waals surface area contributed by atoms with Gasteiger partial charge in [-0.2, -0.15) is 0 Å². The largest absolute Gasteiger partial charge is 0.480 e. The van der Waals surface area contributed by atoms with Crippen LogP contribution in [-0.4, -0.2) is 33.6 Å². The number of carboxylic acids is 1. The van der Waals surface area contributed by atoms with Gasteiger partial charge in [-0.3, -0.25) is 9.20 Å². The molecule has 0 fully saturated rings. The number of sulfone groups is 1. The van der Waals surface area contributed by atoms with Gasteiger partial charge >= 0.3 is 5.97 Å². The van der Waals surface area contributed by atoms with E-state index in [2.05, 4.69) is 4.98 Å². The number of carboxylic acid groups (broad SMARTS) is 1. The lowest BCUT2D eigenvalue weighted by molar-refractivity contribution is -0.139. The summed E-state index contributed by atoms with van der Waals surface area (Å²) in [7, 11) is -3.81. The van der Waals surface area contributed by atoms with Crippen LogP contribution in [0.5, 0.6) is 0 Å². The van der Waals surface area contributed by atoms with Crippen molar-refractivity contribution in [3.05, 3.63) is 23.5 Å². The summed E-state index contributed by atoms with van der Waals surface area (Å²) < 4.78 is 24.0. The molecule has 0 unspecified atom stereocenters. The highest BCUT2D eigenvalue weighted by atomic mass is 32.2. The molecule has 1 N–H and O–H groups in total. The van der Waals surface area contributed by atoms with E-state index in [1.165, 1.54) is 25.2 Å². The molecule has 0 aliphatic heterocycles. The number of hydrogen-bond donors (Lipinski definition) is 1. The Morgan fingerprint density at radius 2 is 2.22 bits per heavy atom. The van der Waals surface area contributed by atoms with Crippen molar-refractivity contribution in [1.29, 1.82) is 0 Å². The van der Waals surface area contributed by atoms with E-state index >= 15 is 0 Å². The summed E-state index contributed by atoms with van der Waals surface area (Å²) in [6.45, 7) is 2.37. The minimum Gasteiger partial charge on any atom is -0.480 e. The first-order valence-corrected chi connectivity index (χ1v) is 7.64. The molecule has 0 atom stereocenters. The van der Waals surface area contributed by atoms with Crippen LogP contribution in [0.1, 0.15) is 19.5 Å². The van der Waals surface area contributed by atoms with E-state index in [9.17, 15) is 13.2 Å². The molecular formula is C10H12N2O4S2. The molecule has 2 rings (SSSR count). The molecule has 0 saturated carbocycles. The zero-order chi connectivity index (χ0) is 13.6. The monoisotopic (exact) mass is 288 g/mol. The van der Waals surface area contributed by atoms with Crippen LogP contribution in [0.25, 0.3) is 4.96 Å². The Hall–Kier alpha value is -1.41. The van der Waals surface area contributed by atoms with Gasteiger partial charge in [0, 0.05) is 17.8 Å². The van der Waals surface area contributed by atoms with Crippen LogP contribution < -0.4 is 0 Å². The maximum Gasteiger partial charge on any atom is 0.324 e. The van der Waals surface area contributed by atoms with Crippen molar-refractivity contribution < 1.29 is 18.3 Å². The lowest BCUT2D eigenvalue weighted by atomic mass is 10.2. The first kappa shape index (κ1) is 13.0. The number of aromatic nitrogens is 2. The van der Waals surface area contributed by atoms with Crippen molar-refractivity contribution in [1.82, 2.24) is 9.38 Å². The molecule has 8 heteroatoms. The topological polar surface area (TPSA) is 88.7 Å². The lowest BCUT2D eigenvalue weighted by Gasteiger charge is -2.18. The SMILES string of the molecule is CC(C)(C(=O)O)S(=O)(=O)Cc1cn2ccsc2n1. The average molecular weight is 288 g/mol. The number of imidazole rings is 1. The normalized spacial score (nSPS) is 13.0. The third kappa shape index (κ3) is 2.01. The predicted octanol–water partition coefficient (Wildman–Crippen LogP) is 1.17. The molecule has 98 valence electrons. The fraction of sp³-hybridized carbons (Fsp3) is 0.400. The maximum atomic E-state index is 12.0. The maximum absolute atomic E-state index is 12.0. The minimum absolute atomic E-state index is 0.358. The number of aliphatic carboxylic acids is 1. The van der Waals surface area contributed by atoms with Crippen LogP contribution in [-0.2, 0) is 20.4 Å². The molecule has 0 radical (unpaired) electrons. The van der Waals surface area contributed by atoms with Crippen LogP contribution in [0.3, 0.4) is 0 Å². The first-order valence-electron chi connectivity index (χ1n) is 5.11. The van der Waals surface area contributed by atoms with E-state index < -0.39 is 20.6 Å². The summed E-state index contributed by atoms with van der Waals surface area (Å²) in [5, 5.41) is 10.8. The van der Waals surface area contributed by atoms with E-state index in [4.69, 9.17) is 5.11 Å². The lowest BCUT2D eigenvalue weighted by Crippen LogP contribution is -2.41. The van der Waals surface area contributed by atoms with Crippen LogP contribution in [0.2, 0.25) is 0 Å². The molecule has 0 spiro atoms. The molecule has 0 saturated heterocycles. The summed E-state index contributed by atoms with van der Waals surface area (Å²) >= 11 is 1.39. The number of nitrogens with zero attached hydrogens (tertiary/aromatic N) is 2. The third-order valence-electron chi connectivity index (χ3n) is 2.77. The Labute approximate surface area is 108 Å². The van der Waals surface area contributed by atoms with Crippen LogP contribution >= 0.6 is 11.3 Å². The second kappa shape index (κ2) is 4.06. The van der Waals surface area contributed by atoms with Gasteiger partial charge in [-0.1, -0.05) is 0 Å². The van der Waals surface area contributed by atoms with Gasteiger partial charge in [0.05, 0.1) is 11.4 Å². The van der Waals surface area contributed by atoms with Crippen molar-refractivity contribution in [3.63, 3.8) is 0 Å². The van der Waals surface area contributed by atoms with E-state index in [1.807, 2.05) is 5.38 Å². The van der Waals surface area contributed by atoms with Gasteiger partial charge in [0.1, 0.15) is 0 Å². The first-order chi connectivity index (χ1) is 8.24. The molecule has 6 nitrogen and oxygen atoms in total. The fourth-order valence-corrected chi connectivity index (χ4v) is 3.23. The summed E-state index contributed by atoms with van der Waals surface area (Å²) in [5.41, 5.74) is 0.358. The summed E-state index contributed by atoms with van der Waals surface area (Å²) in [5.74, 6) is -1.73. The summed E-state index contributed by atoms with van der Waals surface area (Å²) in [6.07, 6.45) is 3.37. The Morgan fingerprint density at radius 3 is 2.78 bits per heavy atom. The average Bonchev–Trinajstić information content (AvgIpc) is 2.76. The van der Waals surface area contributed by atoms with Crippen molar-refractivity contribution in [2.75, 3.05) is 0 Å². The summed E-state index contributed by atoms with van der Waals surface area (Å²) in [6, 6.07) is 0. The quantitative estimate of drug-likeness (QED) is 0.912. The van der Waals surface area contributed by atoms with E-state index in [0.717, 1.165) is 0 Å². The van der Waals surface area contributed by atoms with Crippen LogP contribution in [0.15, 0.2) is 17.8 Å². The van der Waals surface area contributed by atoms with E-state index in [1.54, 1.807) is 16.8 Å². The van der Waals surface area contributed by atoms with E-state index in [0.29, 0.717) is 10.7 Å². The molecule has 0 aliphatic rings. The molecule has 2 aromatic heterocycles. The highest BCUT2D eigenvalue weighted by Crippen LogP contribution is 2.22. The van der Waals surface area contributed by atoms with Crippen molar-refractivity contribution >= 4 is 32.1 Å². The molecule has 18 heavy (non-hydrogen) atoms. The van der Waals surface area contributed by atoms with Gasteiger partial charge in [0.2, 0.25) is 0 Å². The highest BCUT2D eigenvalue weighted by Gasteiger charge is 2.42. The highest BCUT2D eigenvalue weighted by molar-refractivity contribution is 7.92. The molecule has 2 heterocycles. The molecule has 0 aliphatic carbocycles. The fourth-order valence-electron chi connectivity index (χ4n) is 1.35. The smallest absolute Gasteiger partial charge is 0.324 e.